The number of pyridine rings is 1. The summed E-state index contributed by atoms with van der Waals surface area (Å²) in [7, 11) is 0. The van der Waals surface area contributed by atoms with E-state index in [-0.39, 0.29) is 23.3 Å². The number of carbonyl (C=O) groups is 2. The fraction of sp³-hybridized carbons (Fsp3) is 0.409. The maximum absolute atomic E-state index is 13.5. The largest absolute Gasteiger partial charge is 0.300 e. The highest BCUT2D eigenvalue weighted by Gasteiger charge is 2.48. The normalized spacial score (nSPS) is 19.5. The van der Waals surface area contributed by atoms with Crippen LogP contribution in [0, 0.1) is 16.0 Å². The second kappa shape index (κ2) is 9.13. The second-order valence-electron chi connectivity index (χ2n) is 7.69. The Hall–Kier alpha value is -3.13. The van der Waals surface area contributed by atoms with Gasteiger partial charge in [-0.05, 0) is 35.7 Å². The number of non-ortho nitro benzene ring substituents is 1. The van der Waals surface area contributed by atoms with Crippen molar-refractivity contribution >= 4 is 23.2 Å². The molecule has 0 saturated carbocycles. The minimum absolute atomic E-state index is 0.0134. The molecule has 1 aliphatic rings. The van der Waals surface area contributed by atoms with Gasteiger partial charge in [0.15, 0.2) is 0 Å². The fourth-order valence-electron chi connectivity index (χ4n) is 3.91. The number of nitro groups is 1. The third kappa shape index (κ3) is 4.23. The molecule has 1 amide bonds. The molecule has 0 bridgehead atoms. The van der Waals surface area contributed by atoms with Crippen molar-refractivity contribution in [3.63, 3.8) is 0 Å². The van der Waals surface area contributed by atoms with Crippen LogP contribution in [0.4, 0.5) is 11.5 Å². The minimum atomic E-state index is -0.495. The van der Waals surface area contributed by atoms with Crippen molar-refractivity contribution in [3.8, 4) is 0 Å². The molecule has 2 atom stereocenters. The number of Topliss-reactive ketones (excluding diaryl/α,β-unsaturated/α-hetero) is 1. The van der Waals surface area contributed by atoms with E-state index in [1.165, 1.54) is 12.1 Å². The Kier molecular flexibility index (Phi) is 6.56. The highest BCUT2D eigenvalue weighted by Crippen LogP contribution is 2.40. The van der Waals surface area contributed by atoms with E-state index >= 15 is 0 Å². The van der Waals surface area contributed by atoms with E-state index in [4.69, 9.17) is 0 Å². The third-order valence-corrected chi connectivity index (χ3v) is 5.38. The van der Waals surface area contributed by atoms with Crippen molar-refractivity contribution in [2.45, 2.75) is 45.8 Å². The molecule has 0 aliphatic carbocycles. The van der Waals surface area contributed by atoms with Crippen LogP contribution in [0.2, 0.25) is 0 Å². The number of amides is 1. The number of benzene rings is 1. The van der Waals surface area contributed by atoms with Gasteiger partial charge in [-0.25, -0.2) is 4.98 Å². The molecule has 1 fully saturated rings. The van der Waals surface area contributed by atoms with Crippen molar-refractivity contribution in [3.05, 3.63) is 64.3 Å². The summed E-state index contributed by atoms with van der Waals surface area (Å²) in [5.41, 5.74) is 0.729. The van der Waals surface area contributed by atoms with Crippen LogP contribution >= 0.6 is 0 Å². The number of aromatic nitrogens is 1. The Morgan fingerprint density at radius 3 is 2.43 bits per heavy atom. The van der Waals surface area contributed by atoms with Crippen LogP contribution in [-0.4, -0.2) is 39.1 Å². The standard InChI is InChI=1S/C22H26N4O4/c1-4-18(27)12-14-24-20(15(2)3)22(28)25(19-7-5-6-13-23-19)21(24)16-8-10-17(11-9-16)26(29)30/h5-11,13,15,20-21H,4,12,14H2,1-3H3/t20-,21-/m0/s1. The predicted octanol–water partition coefficient (Wildman–Crippen LogP) is 3.73. The summed E-state index contributed by atoms with van der Waals surface area (Å²) < 4.78 is 0. The van der Waals surface area contributed by atoms with Crippen LogP contribution in [-0.2, 0) is 9.59 Å². The zero-order valence-corrected chi connectivity index (χ0v) is 17.4. The van der Waals surface area contributed by atoms with Gasteiger partial charge < -0.3 is 0 Å². The van der Waals surface area contributed by atoms with Crippen LogP contribution in [0.3, 0.4) is 0 Å². The zero-order valence-electron chi connectivity index (χ0n) is 17.4. The van der Waals surface area contributed by atoms with Crippen molar-refractivity contribution in [2.75, 3.05) is 11.4 Å². The van der Waals surface area contributed by atoms with Gasteiger partial charge in [0, 0.05) is 37.7 Å². The van der Waals surface area contributed by atoms with Crippen molar-refractivity contribution < 1.29 is 14.5 Å². The molecule has 0 unspecified atom stereocenters. The molecule has 1 aromatic carbocycles. The molecule has 2 heterocycles. The lowest BCUT2D eigenvalue weighted by atomic mass is 10.0. The summed E-state index contributed by atoms with van der Waals surface area (Å²) >= 11 is 0. The van der Waals surface area contributed by atoms with Crippen molar-refractivity contribution in [1.29, 1.82) is 0 Å². The average molecular weight is 410 g/mol. The summed E-state index contributed by atoms with van der Waals surface area (Å²) in [6.45, 7) is 6.20. The predicted molar refractivity (Wildman–Crippen MR) is 113 cm³/mol. The van der Waals surface area contributed by atoms with Gasteiger partial charge in [0.05, 0.1) is 11.0 Å². The van der Waals surface area contributed by atoms with Gasteiger partial charge >= 0.3 is 0 Å². The number of nitro benzene ring substituents is 1. The average Bonchev–Trinajstić information content (AvgIpc) is 3.04. The van der Waals surface area contributed by atoms with Crippen LogP contribution in [0.15, 0.2) is 48.7 Å². The topological polar surface area (TPSA) is 96.7 Å². The number of ketones is 1. The maximum Gasteiger partial charge on any atom is 0.269 e. The molecule has 1 aliphatic heterocycles. The monoisotopic (exact) mass is 410 g/mol. The van der Waals surface area contributed by atoms with Crippen LogP contribution in [0.1, 0.15) is 45.3 Å². The fourth-order valence-corrected chi connectivity index (χ4v) is 3.91. The SMILES string of the molecule is CCC(=O)CCN1[C@@H](C(C)C)C(=O)N(c2ccccn2)[C@H]1c1ccc([N+](=O)[O-])cc1. The molecule has 2 aromatic rings. The molecule has 0 radical (unpaired) electrons. The number of hydrogen-bond donors (Lipinski definition) is 0. The number of rotatable bonds is 8. The molecular formula is C22H26N4O4. The van der Waals surface area contributed by atoms with Gasteiger partial charge in [0.1, 0.15) is 17.8 Å². The van der Waals surface area contributed by atoms with E-state index in [2.05, 4.69) is 4.98 Å². The van der Waals surface area contributed by atoms with E-state index in [9.17, 15) is 19.7 Å². The molecular weight excluding hydrogens is 384 g/mol. The van der Waals surface area contributed by atoms with E-state index in [0.717, 1.165) is 5.56 Å². The molecule has 1 aromatic heterocycles. The first-order chi connectivity index (χ1) is 14.3. The van der Waals surface area contributed by atoms with Gasteiger partial charge in [-0.15, -0.1) is 0 Å². The molecule has 8 nitrogen and oxygen atoms in total. The van der Waals surface area contributed by atoms with Gasteiger partial charge in [-0.2, -0.15) is 0 Å². The van der Waals surface area contributed by atoms with Crippen LogP contribution in [0.25, 0.3) is 0 Å². The van der Waals surface area contributed by atoms with Gasteiger partial charge in [0.25, 0.3) is 5.69 Å². The second-order valence-corrected chi connectivity index (χ2v) is 7.69. The van der Waals surface area contributed by atoms with Gasteiger partial charge in [-0.1, -0.05) is 26.8 Å². The van der Waals surface area contributed by atoms with E-state index in [0.29, 0.717) is 25.2 Å². The van der Waals surface area contributed by atoms with Gasteiger partial charge in [-0.3, -0.25) is 29.5 Å². The van der Waals surface area contributed by atoms with Crippen molar-refractivity contribution in [2.24, 2.45) is 5.92 Å². The van der Waals surface area contributed by atoms with E-state index in [1.807, 2.05) is 31.7 Å². The Morgan fingerprint density at radius 1 is 1.20 bits per heavy atom. The quantitative estimate of drug-likeness (QED) is 0.486. The summed E-state index contributed by atoms with van der Waals surface area (Å²) in [5, 5.41) is 11.1. The first-order valence-corrected chi connectivity index (χ1v) is 10.1. The third-order valence-electron chi connectivity index (χ3n) is 5.38. The summed E-state index contributed by atoms with van der Waals surface area (Å²) in [4.78, 5) is 44.2. The number of carbonyl (C=O) groups excluding carboxylic acids is 2. The maximum atomic E-state index is 13.5. The Bertz CT molecular complexity index is 914. The molecule has 158 valence electrons. The number of hydrogen-bond acceptors (Lipinski definition) is 6. The Morgan fingerprint density at radius 2 is 1.90 bits per heavy atom. The molecule has 3 rings (SSSR count). The molecule has 30 heavy (non-hydrogen) atoms. The lowest BCUT2D eigenvalue weighted by molar-refractivity contribution is -0.384. The van der Waals surface area contributed by atoms with Crippen LogP contribution < -0.4 is 4.90 Å². The highest BCUT2D eigenvalue weighted by atomic mass is 16.6. The molecule has 1 saturated heterocycles. The van der Waals surface area contributed by atoms with Crippen LogP contribution in [0.5, 0.6) is 0 Å². The summed E-state index contributed by atoms with van der Waals surface area (Å²) in [5.74, 6) is 0.573. The zero-order chi connectivity index (χ0) is 21.8. The first-order valence-electron chi connectivity index (χ1n) is 10.1. The number of anilines is 1. The van der Waals surface area contributed by atoms with Crippen molar-refractivity contribution in [1.82, 2.24) is 9.88 Å². The smallest absolute Gasteiger partial charge is 0.269 e. The molecule has 0 spiro atoms. The lowest BCUT2D eigenvalue weighted by Crippen LogP contribution is -2.39. The first kappa shape index (κ1) is 21.6. The van der Waals surface area contributed by atoms with E-state index < -0.39 is 17.1 Å². The Labute approximate surface area is 175 Å². The van der Waals surface area contributed by atoms with Gasteiger partial charge in [0.2, 0.25) is 5.91 Å². The highest BCUT2D eigenvalue weighted by molar-refractivity contribution is 5.99. The number of nitrogens with zero attached hydrogens (tertiary/aromatic N) is 4. The lowest BCUT2D eigenvalue weighted by Gasteiger charge is -2.32. The summed E-state index contributed by atoms with van der Waals surface area (Å²) in [6.07, 6.45) is 1.92. The Balaban J connectivity index is 2.08. The molecule has 0 N–H and O–H groups in total. The minimum Gasteiger partial charge on any atom is -0.300 e. The summed E-state index contributed by atoms with van der Waals surface area (Å²) in [6, 6.07) is 11.2. The van der Waals surface area contributed by atoms with E-state index in [1.54, 1.807) is 35.4 Å². The molecule has 8 heteroatoms.